The number of rotatable bonds is 1. The lowest BCUT2D eigenvalue weighted by molar-refractivity contribution is 0.860. The third-order valence-corrected chi connectivity index (χ3v) is 0.309. The molecule has 0 saturated heterocycles. The molecule has 0 bridgehead atoms. The van der Waals surface area contributed by atoms with Crippen LogP contribution in [-0.2, 0) is 0 Å². The van der Waals surface area contributed by atoms with Crippen molar-refractivity contribution in [1.29, 1.82) is 0 Å². The molecule has 0 saturated carbocycles. The molecular formula is CH5N5S. The van der Waals surface area contributed by atoms with Crippen molar-refractivity contribution >= 4 is 17.3 Å². The van der Waals surface area contributed by atoms with Gasteiger partial charge in [-0.1, -0.05) is 5.22 Å². The van der Waals surface area contributed by atoms with Gasteiger partial charge in [0.2, 0.25) is 0 Å². The fourth-order valence-corrected chi connectivity index (χ4v) is 0.119. The zero-order chi connectivity index (χ0) is 5.70. The van der Waals surface area contributed by atoms with Crippen LogP contribution in [0.25, 0.3) is 0 Å². The zero-order valence-corrected chi connectivity index (χ0v) is 4.27. The van der Waals surface area contributed by atoms with Gasteiger partial charge in [-0.05, 0) is 17.4 Å². The number of hydrogen-bond donors (Lipinski definition) is 3. The molecule has 0 spiro atoms. The molecule has 6 heteroatoms. The predicted octanol–water partition coefficient (Wildman–Crippen LogP) is -0.939. The normalized spacial score (nSPS) is 9.14. The first-order valence-corrected chi connectivity index (χ1v) is 1.83. The van der Waals surface area contributed by atoms with E-state index in [2.05, 4.69) is 33.9 Å². The van der Waals surface area contributed by atoms with E-state index in [1.54, 1.807) is 0 Å². The molecule has 0 aliphatic carbocycles. The van der Waals surface area contributed by atoms with E-state index < -0.39 is 0 Å². The van der Waals surface area contributed by atoms with Crippen LogP contribution in [0.1, 0.15) is 0 Å². The molecule has 7 heavy (non-hydrogen) atoms. The van der Waals surface area contributed by atoms with E-state index in [1.807, 2.05) is 0 Å². The Bertz CT molecular complexity index is 86.1. The summed E-state index contributed by atoms with van der Waals surface area (Å²) in [5.41, 5.74) is 7.03. The SMILES string of the molecule is NN=NNC(N)=S. The second-order valence-electron chi connectivity index (χ2n) is 0.692. The highest BCUT2D eigenvalue weighted by molar-refractivity contribution is 7.80. The maximum Gasteiger partial charge on any atom is 0.185 e. The second-order valence-corrected chi connectivity index (χ2v) is 1.13. The van der Waals surface area contributed by atoms with Crippen LogP contribution in [0.15, 0.2) is 10.4 Å². The number of thiocarbonyl (C=S) groups is 1. The lowest BCUT2D eigenvalue weighted by Gasteiger charge is -1.86. The molecule has 0 heterocycles. The lowest BCUT2D eigenvalue weighted by atomic mass is 11.2. The summed E-state index contributed by atoms with van der Waals surface area (Å²) in [5.74, 6) is 4.56. The van der Waals surface area contributed by atoms with Gasteiger partial charge in [-0.25, -0.2) is 5.43 Å². The first kappa shape index (κ1) is 6.09. The minimum atomic E-state index is 0.0502. The van der Waals surface area contributed by atoms with Crippen LogP contribution in [0.2, 0.25) is 0 Å². The molecule has 0 rings (SSSR count). The van der Waals surface area contributed by atoms with Crippen LogP contribution < -0.4 is 17.0 Å². The highest BCUT2D eigenvalue weighted by Crippen LogP contribution is 1.56. The monoisotopic (exact) mass is 119 g/mol. The maximum atomic E-state index is 4.89. The van der Waals surface area contributed by atoms with Crippen LogP contribution >= 0.6 is 12.2 Å². The first-order valence-electron chi connectivity index (χ1n) is 1.42. The Morgan fingerprint density at radius 3 is 2.43 bits per heavy atom. The quantitative estimate of drug-likeness (QED) is 0.180. The highest BCUT2D eigenvalue weighted by Gasteiger charge is 1.74. The van der Waals surface area contributed by atoms with Gasteiger partial charge in [0.15, 0.2) is 5.11 Å². The van der Waals surface area contributed by atoms with E-state index in [0.29, 0.717) is 0 Å². The van der Waals surface area contributed by atoms with Crippen LogP contribution in [0.5, 0.6) is 0 Å². The average molecular weight is 119 g/mol. The van der Waals surface area contributed by atoms with Crippen LogP contribution in [0, 0.1) is 0 Å². The lowest BCUT2D eigenvalue weighted by Crippen LogP contribution is -2.23. The van der Waals surface area contributed by atoms with Crippen molar-refractivity contribution in [1.82, 2.24) is 5.43 Å². The number of hydrogen-bond acceptors (Lipinski definition) is 3. The Morgan fingerprint density at radius 2 is 2.29 bits per heavy atom. The first-order chi connectivity index (χ1) is 3.27. The topological polar surface area (TPSA) is 88.8 Å². The van der Waals surface area contributed by atoms with Crippen molar-refractivity contribution < 1.29 is 0 Å². The number of nitrogens with one attached hydrogen (secondary N) is 1. The molecule has 0 atom stereocenters. The van der Waals surface area contributed by atoms with Crippen LogP contribution in [0.4, 0.5) is 0 Å². The Balaban J connectivity index is 3.14. The molecule has 0 aromatic heterocycles. The van der Waals surface area contributed by atoms with E-state index in [9.17, 15) is 0 Å². The van der Waals surface area contributed by atoms with Crippen molar-refractivity contribution in [2.75, 3.05) is 0 Å². The number of nitrogens with zero attached hydrogens (tertiary/aromatic N) is 2. The van der Waals surface area contributed by atoms with E-state index in [-0.39, 0.29) is 5.11 Å². The van der Waals surface area contributed by atoms with Gasteiger partial charge >= 0.3 is 0 Å². The summed E-state index contributed by atoms with van der Waals surface area (Å²) in [4.78, 5) is 0. The largest absolute Gasteiger partial charge is 0.375 e. The third kappa shape index (κ3) is 5.09. The van der Waals surface area contributed by atoms with Gasteiger partial charge < -0.3 is 11.6 Å². The molecule has 0 aliphatic rings. The Hall–Kier alpha value is -0.910. The molecule has 40 valence electrons. The summed E-state index contributed by atoms with van der Waals surface area (Å²) < 4.78 is 0. The Labute approximate surface area is 45.7 Å². The second kappa shape index (κ2) is 3.29. The van der Waals surface area contributed by atoms with Gasteiger partial charge in [0.05, 0.1) is 0 Å². The van der Waals surface area contributed by atoms with Crippen molar-refractivity contribution in [3.05, 3.63) is 0 Å². The van der Waals surface area contributed by atoms with Gasteiger partial charge in [0, 0.05) is 0 Å². The van der Waals surface area contributed by atoms with Crippen LogP contribution in [0.3, 0.4) is 0 Å². The summed E-state index contributed by atoms with van der Waals surface area (Å²) >= 11 is 4.32. The standard InChI is InChI=1S/CH5N5S/c2-1(7)4-6-5-3/h(H2,3,6)(H3,2,4,5,7). The highest BCUT2D eigenvalue weighted by atomic mass is 32.1. The molecule has 0 aromatic carbocycles. The summed E-state index contributed by atoms with van der Waals surface area (Å²) in [7, 11) is 0. The molecule has 5 N–H and O–H groups in total. The molecule has 0 aliphatic heterocycles. The minimum Gasteiger partial charge on any atom is -0.375 e. The smallest absolute Gasteiger partial charge is 0.185 e. The zero-order valence-electron chi connectivity index (χ0n) is 3.46. The maximum absolute atomic E-state index is 4.89. The molecule has 0 fully saturated rings. The average Bonchev–Trinajstić information content (AvgIpc) is 1.61. The molecule has 0 aromatic rings. The fourth-order valence-electron chi connectivity index (χ4n) is 0.0781. The molecule has 0 unspecified atom stereocenters. The summed E-state index contributed by atoms with van der Waals surface area (Å²) in [5, 5.41) is 5.93. The van der Waals surface area contributed by atoms with Crippen molar-refractivity contribution in [3.63, 3.8) is 0 Å². The predicted molar refractivity (Wildman–Crippen MR) is 29.0 cm³/mol. The third-order valence-electron chi connectivity index (χ3n) is 0.218. The van der Waals surface area contributed by atoms with Gasteiger partial charge in [-0.2, -0.15) is 0 Å². The fraction of sp³-hybridized carbons (Fsp3) is 0. The Morgan fingerprint density at radius 1 is 1.71 bits per heavy atom. The molecule has 0 amide bonds. The summed E-state index contributed by atoms with van der Waals surface area (Å²) in [6.07, 6.45) is 0. The molecule has 0 radical (unpaired) electrons. The van der Waals surface area contributed by atoms with Gasteiger partial charge in [-0.15, -0.1) is 0 Å². The van der Waals surface area contributed by atoms with Crippen molar-refractivity contribution in [2.45, 2.75) is 0 Å². The van der Waals surface area contributed by atoms with E-state index in [0.717, 1.165) is 0 Å². The summed E-state index contributed by atoms with van der Waals surface area (Å²) in [6.45, 7) is 0. The molecule has 5 nitrogen and oxygen atoms in total. The summed E-state index contributed by atoms with van der Waals surface area (Å²) in [6, 6.07) is 0. The van der Waals surface area contributed by atoms with Crippen molar-refractivity contribution in [3.8, 4) is 0 Å². The van der Waals surface area contributed by atoms with Crippen molar-refractivity contribution in [2.24, 2.45) is 22.0 Å². The van der Waals surface area contributed by atoms with E-state index in [4.69, 9.17) is 5.73 Å². The van der Waals surface area contributed by atoms with Gasteiger partial charge in [0.25, 0.3) is 0 Å². The van der Waals surface area contributed by atoms with E-state index >= 15 is 0 Å². The van der Waals surface area contributed by atoms with E-state index in [1.165, 1.54) is 0 Å². The minimum absolute atomic E-state index is 0.0502. The Kier molecular flexibility index (Phi) is 2.86. The molecular weight excluding hydrogens is 114 g/mol. The van der Waals surface area contributed by atoms with Gasteiger partial charge in [0.1, 0.15) is 0 Å². The number of nitrogens with two attached hydrogens (primary N) is 2. The van der Waals surface area contributed by atoms with Gasteiger partial charge in [-0.3, -0.25) is 0 Å². The van der Waals surface area contributed by atoms with Crippen LogP contribution in [-0.4, -0.2) is 5.11 Å².